The zero-order valence-corrected chi connectivity index (χ0v) is 14.3. The number of amides is 1. The van der Waals surface area contributed by atoms with E-state index in [-0.39, 0.29) is 11.9 Å². The number of aliphatic hydroxyl groups excluding tert-OH is 1. The van der Waals surface area contributed by atoms with Gasteiger partial charge in [-0.15, -0.1) is 0 Å². The molecule has 4 heteroatoms. The third-order valence-electron chi connectivity index (χ3n) is 4.61. The minimum atomic E-state index is -0.566. The molecule has 1 aliphatic rings. The van der Waals surface area contributed by atoms with Gasteiger partial charge in [0, 0.05) is 25.2 Å². The van der Waals surface area contributed by atoms with Crippen molar-refractivity contribution in [2.75, 3.05) is 13.1 Å². The summed E-state index contributed by atoms with van der Waals surface area (Å²) in [6.45, 7) is 5.99. The number of nitrogens with one attached hydrogen (secondary N) is 1. The van der Waals surface area contributed by atoms with Crippen LogP contribution in [0.25, 0.3) is 6.08 Å². The highest BCUT2D eigenvalue weighted by Crippen LogP contribution is 2.16. The van der Waals surface area contributed by atoms with Gasteiger partial charge in [-0.2, -0.15) is 0 Å². The van der Waals surface area contributed by atoms with Gasteiger partial charge < -0.3 is 10.4 Å². The SMILES string of the molecule is C=Cc1cccc(CN2CC[C@@H](NC(=O)c3ccccc3)[C@H](O)C2)c1. The summed E-state index contributed by atoms with van der Waals surface area (Å²) in [6, 6.07) is 17.2. The quantitative estimate of drug-likeness (QED) is 0.883. The van der Waals surface area contributed by atoms with Gasteiger partial charge in [-0.05, 0) is 29.7 Å². The lowest BCUT2D eigenvalue weighted by molar-refractivity contribution is 0.0349. The first-order chi connectivity index (χ1) is 12.2. The minimum absolute atomic E-state index is 0.128. The topological polar surface area (TPSA) is 52.6 Å². The van der Waals surface area contributed by atoms with Crippen LogP contribution in [-0.2, 0) is 6.54 Å². The zero-order valence-electron chi connectivity index (χ0n) is 14.3. The number of rotatable bonds is 5. The maximum Gasteiger partial charge on any atom is 0.251 e. The average Bonchev–Trinajstić information content (AvgIpc) is 2.65. The third kappa shape index (κ3) is 4.56. The summed E-state index contributed by atoms with van der Waals surface area (Å²) in [5.74, 6) is -0.128. The van der Waals surface area contributed by atoms with Crippen molar-refractivity contribution in [2.45, 2.75) is 25.1 Å². The maximum atomic E-state index is 12.3. The summed E-state index contributed by atoms with van der Waals surface area (Å²) < 4.78 is 0. The van der Waals surface area contributed by atoms with Crippen LogP contribution in [0.2, 0.25) is 0 Å². The molecule has 130 valence electrons. The highest BCUT2D eigenvalue weighted by molar-refractivity contribution is 5.94. The van der Waals surface area contributed by atoms with Gasteiger partial charge in [0.25, 0.3) is 5.91 Å². The predicted molar refractivity (Wildman–Crippen MR) is 100 cm³/mol. The number of carbonyl (C=O) groups is 1. The van der Waals surface area contributed by atoms with Gasteiger partial charge in [-0.3, -0.25) is 9.69 Å². The molecule has 0 radical (unpaired) electrons. The molecule has 1 heterocycles. The highest BCUT2D eigenvalue weighted by Gasteiger charge is 2.29. The number of piperidine rings is 1. The van der Waals surface area contributed by atoms with Crippen LogP contribution in [0.15, 0.2) is 61.2 Å². The Morgan fingerprint density at radius 3 is 2.76 bits per heavy atom. The van der Waals surface area contributed by atoms with Crippen LogP contribution >= 0.6 is 0 Å². The molecule has 0 bridgehead atoms. The molecule has 2 aromatic carbocycles. The Kier molecular flexibility index (Phi) is 5.64. The normalized spacial score (nSPS) is 20.8. The monoisotopic (exact) mass is 336 g/mol. The molecule has 0 saturated carbocycles. The number of hydrogen-bond donors (Lipinski definition) is 2. The Morgan fingerprint density at radius 1 is 1.24 bits per heavy atom. The first-order valence-corrected chi connectivity index (χ1v) is 8.63. The van der Waals surface area contributed by atoms with Crippen LogP contribution in [0, 0.1) is 0 Å². The Hall–Kier alpha value is -2.43. The lowest BCUT2D eigenvalue weighted by Crippen LogP contribution is -2.53. The van der Waals surface area contributed by atoms with E-state index in [0.717, 1.165) is 25.1 Å². The third-order valence-corrected chi connectivity index (χ3v) is 4.61. The molecule has 2 N–H and O–H groups in total. The van der Waals surface area contributed by atoms with Gasteiger partial charge in [-0.25, -0.2) is 0 Å². The molecule has 3 rings (SSSR count). The molecule has 2 aromatic rings. The van der Waals surface area contributed by atoms with Crippen LogP contribution in [0.5, 0.6) is 0 Å². The van der Waals surface area contributed by atoms with Crippen molar-refractivity contribution >= 4 is 12.0 Å². The Morgan fingerprint density at radius 2 is 2.04 bits per heavy atom. The van der Waals surface area contributed by atoms with Crippen LogP contribution < -0.4 is 5.32 Å². The summed E-state index contributed by atoms with van der Waals surface area (Å²) in [7, 11) is 0. The molecule has 2 atom stereocenters. The second-order valence-electron chi connectivity index (χ2n) is 6.49. The molecular weight excluding hydrogens is 312 g/mol. The van der Waals surface area contributed by atoms with Gasteiger partial charge in [0.2, 0.25) is 0 Å². The van der Waals surface area contributed by atoms with Crippen molar-refractivity contribution in [1.82, 2.24) is 10.2 Å². The van der Waals surface area contributed by atoms with E-state index in [2.05, 4.69) is 28.9 Å². The summed E-state index contributed by atoms with van der Waals surface area (Å²) >= 11 is 0. The van der Waals surface area contributed by atoms with Crippen molar-refractivity contribution < 1.29 is 9.90 Å². The number of aliphatic hydroxyl groups is 1. The minimum Gasteiger partial charge on any atom is -0.390 e. The largest absolute Gasteiger partial charge is 0.390 e. The van der Waals surface area contributed by atoms with Crippen molar-refractivity contribution in [2.24, 2.45) is 0 Å². The highest BCUT2D eigenvalue weighted by atomic mass is 16.3. The van der Waals surface area contributed by atoms with E-state index in [9.17, 15) is 9.90 Å². The summed E-state index contributed by atoms with van der Waals surface area (Å²) in [5.41, 5.74) is 2.93. The summed E-state index contributed by atoms with van der Waals surface area (Å²) in [6.07, 6.45) is 2.01. The average molecular weight is 336 g/mol. The second-order valence-corrected chi connectivity index (χ2v) is 6.49. The first kappa shape index (κ1) is 17.4. The molecule has 1 fully saturated rings. The molecule has 1 aliphatic heterocycles. The standard InChI is InChI=1S/C21H24N2O2/c1-2-16-7-6-8-17(13-16)14-23-12-11-19(20(24)15-23)22-21(25)18-9-4-3-5-10-18/h2-10,13,19-20,24H,1,11-12,14-15H2,(H,22,25)/t19-,20-/m1/s1. The van der Waals surface area contributed by atoms with Crippen molar-refractivity contribution in [3.63, 3.8) is 0 Å². The van der Waals surface area contributed by atoms with E-state index in [1.807, 2.05) is 36.4 Å². The van der Waals surface area contributed by atoms with E-state index >= 15 is 0 Å². The second kappa shape index (κ2) is 8.10. The van der Waals surface area contributed by atoms with E-state index in [1.165, 1.54) is 5.56 Å². The molecule has 0 spiro atoms. The number of β-amino-alcohol motifs (C(OH)–C–C–N with tert-alkyl or cyclic N) is 1. The van der Waals surface area contributed by atoms with E-state index in [1.54, 1.807) is 12.1 Å². The molecule has 0 unspecified atom stereocenters. The van der Waals surface area contributed by atoms with Crippen LogP contribution in [0.1, 0.15) is 27.9 Å². The zero-order chi connectivity index (χ0) is 17.6. The smallest absolute Gasteiger partial charge is 0.251 e. The Balaban J connectivity index is 1.55. The predicted octanol–water partition coefficient (Wildman–Crippen LogP) is 2.69. The molecule has 1 amide bonds. The van der Waals surface area contributed by atoms with Crippen LogP contribution in [0.4, 0.5) is 0 Å². The van der Waals surface area contributed by atoms with E-state index < -0.39 is 6.10 Å². The van der Waals surface area contributed by atoms with Gasteiger partial charge in [0.15, 0.2) is 0 Å². The molecule has 0 aromatic heterocycles. The van der Waals surface area contributed by atoms with Crippen molar-refractivity contribution in [3.8, 4) is 0 Å². The Labute approximate surface area is 148 Å². The van der Waals surface area contributed by atoms with Crippen molar-refractivity contribution in [3.05, 3.63) is 77.9 Å². The lowest BCUT2D eigenvalue weighted by atomic mass is 10.00. The van der Waals surface area contributed by atoms with Crippen LogP contribution in [-0.4, -0.2) is 41.1 Å². The fraction of sp³-hybridized carbons (Fsp3) is 0.286. The first-order valence-electron chi connectivity index (χ1n) is 8.63. The van der Waals surface area contributed by atoms with E-state index in [0.29, 0.717) is 12.1 Å². The molecule has 4 nitrogen and oxygen atoms in total. The van der Waals surface area contributed by atoms with Gasteiger partial charge in [0.1, 0.15) is 0 Å². The fourth-order valence-electron chi connectivity index (χ4n) is 3.23. The van der Waals surface area contributed by atoms with Gasteiger partial charge in [0.05, 0.1) is 12.1 Å². The summed E-state index contributed by atoms with van der Waals surface area (Å²) in [5, 5.41) is 13.4. The number of hydrogen-bond acceptors (Lipinski definition) is 3. The van der Waals surface area contributed by atoms with Gasteiger partial charge in [-0.1, -0.05) is 55.1 Å². The maximum absolute atomic E-state index is 12.3. The summed E-state index contributed by atoms with van der Waals surface area (Å²) in [4.78, 5) is 14.5. The Bertz CT molecular complexity index is 730. The van der Waals surface area contributed by atoms with E-state index in [4.69, 9.17) is 0 Å². The fourth-order valence-corrected chi connectivity index (χ4v) is 3.23. The molecule has 1 saturated heterocycles. The molecule has 0 aliphatic carbocycles. The van der Waals surface area contributed by atoms with Crippen molar-refractivity contribution in [1.29, 1.82) is 0 Å². The number of benzene rings is 2. The number of likely N-dealkylation sites (tertiary alicyclic amines) is 1. The van der Waals surface area contributed by atoms with Gasteiger partial charge >= 0.3 is 0 Å². The lowest BCUT2D eigenvalue weighted by Gasteiger charge is -2.36. The molecular formula is C21H24N2O2. The number of nitrogens with zero attached hydrogens (tertiary/aromatic N) is 1. The number of carbonyl (C=O) groups excluding carboxylic acids is 1. The van der Waals surface area contributed by atoms with Crippen LogP contribution in [0.3, 0.4) is 0 Å². The molecule has 25 heavy (non-hydrogen) atoms.